The van der Waals surface area contributed by atoms with Crippen molar-refractivity contribution in [2.75, 3.05) is 13.2 Å². The predicted molar refractivity (Wildman–Crippen MR) is 80.4 cm³/mol. The van der Waals surface area contributed by atoms with Crippen molar-refractivity contribution < 1.29 is 9.47 Å². The highest BCUT2D eigenvalue weighted by Gasteiger charge is 2.19. The minimum absolute atomic E-state index is 0.00301. The average molecular weight is 328 g/mol. The number of halogens is 1. The molecule has 2 unspecified atom stereocenters. The third-order valence-corrected chi connectivity index (χ3v) is 3.99. The standard InChI is InChI=1S/C15H22BrNO2/c1-2-18-15-8-5-11(16)10-13(15)14(17)7-6-12-4-3-9-19-12/h5,8,10,12,14H,2-4,6-7,9,17H2,1H3. The Balaban J connectivity index is 1.99. The third kappa shape index (κ3) is 4.20. The summed E-state index contributed by atoms with van der Waals surface area (Å²) in [5, 5.41) is 0. The molecule has 1 fully saturated rings. The first-order valence-electron chi connectivity index (χ1n) is 7.00. The molecule has 1 aromatic carbocycles. The van der Waals surface area contributed by atoms with E-state index in [4.69, 9.17) is 15.2 Å². The SMILES string of the molecule is CCOc1ccc(Br)cc1C(N)CCC1CCCO1. The molecular formula is C15H22BrNO2. The molecule has 106 valence electrons. The lowest BCUT2D eigenvalue weighted by Gasteiger charge is -2.18. The maximum absolute atomic E-state index is 6.32. The van der Waals surface area contributed by atoms with Crippen LogP contribution in [0.3, 0.4) is 0 Å². The zero-order chi connectivity index (χ0) is 13.7. The summed E-state index contributed by atoms with van der Waals surface area (Å²) in [5.74, 6) is 0.894. The molecule has 19 heavy (non-hydrogen) atoms. The van der Waals surface area contributed by atoms with E-state index in [-0.39, 0.29) is 6.04 Å². The Bertz CT molecular complexity index is 405. The lowest BCUT2D eigenvalue weighted by Crippen LogP contribution is -2.15. The van der Waals surface area contributed by atoms with Gasteiger partial charge in [-0.25, -0.2) is 0 Å². The highest BCUT2D eigenvalue weighted by atomic mass is 79.9. The monoisotopic (exact) mass is 327 g/mol. The van der Waals surface area contributed by atoms with E-state index in [2.05, 4.69) is 22.0 Å². The molecule has 1 aliphatic rings. The van der Waals surface area contributed by atoms with Gasteiger partial charge in [0.25, 0.3) is 0 Å². The van der Waals surface area contributed by atoms with Crippen LogP contribution >= 0.6 is 15.9 Å². The molecule has 3 nitrogen and oxygen atoms in total. The Morgan fingerprint density at radius 1 is 1.53 bits per heavy atom. The van der Waals surface area contributed by atoms with Crippen LogP contribution in [-0.4, -0.2) is 19.3 Å². The summed E-state index contributed by atoms with van der Waals surface area (Å²) in [6.07, 6.45) is 4.71. The minimum Gasteiger partial charge on any atom is -0.494 e. The van der Waals surface area contributed by atoms with Gasteiger partial charge in [0.2, 0.25) is 0 Å². The summed E-state index contributed by atoms with van der Waals surface area (Å²) < 4.78 is 12.3. The van der Waals surface area contributed by atoms with E-state index in [9.17, 15) is 0 Å². The van der Waals surface area contributed by atoms with E-state index in [0.717, 1.165) is 35.2 Å². The van der Waals surface area contributed by atoms with Gasteiger partial charge < -0.3 is 15.2 Å². The van der Waals surface area contributed by atoms with Crippen molar-refractivity contribution in [1.82, 2.24) is 0 Å². The molecule has 0 aromatic heterocycles. The van der Waals surface area contributed by atoms with Crippen LogP contribution in [-0.2, 0) is 4.74 Å². The molecule has 1 aliphatic heterocycles. The van der Waals surface area contributed by atoms with Crippen LogP contribution in [0.4, 0.5) is 0 Å². The second-order valence-corrected chi connectivity index (χ2v) is 5.85. The van der Waals surface area contributed by atoms with Crippen molar-refractivity contribution in [3.63, 3.8) is 0 Å². The van der Waals surface area contributed by atoms with Crippen LogP contribution in [0, 0.1) is 0 Å². The number of hydrogen-bond donors (Lipinski definition) is 1. The molecular weight excluding hydrogens is 306 g/mol. The molecule has 2 atom stereocenters. The molecule has 2 rings (SSSR count). The Kier molecular flexibility index (Phi) is 5.67. The Morgan fingerprint density at radius 3 is 3.05 bits per heavy atom. The molecule has 1 aromatic rings. The van der Waals surface area contributed by atoms with Gasteiger partial charge in [0.1, 0.15) is 5.75 Å². The molecule has 0 saturated carbocycles. The number of nitrogens with two attached hydrogens (primary N) is 1. The molecule has 0 spiro atoms. The van der Waals surface area contributed by atoms with Crippen LogP contribution in [0.25, 0.3) is 0 Å². The largest absolute Gasteiger partial charge is 0.494 e. The van der Waals surface area contributed by atoms with Gasteiger partial charge >= 0.3 is 0 Å². The van der Waals surface area contributed by atoms with E-state index in [0.29, 0.717) is 12.7 Å². The lowest BCUT2D eigenvalue weighted by molar-refractivity contribution is 0.101. The summed E-state index contributed by atoms with van der Waals surface area (Å²) >= 11 is 3.50. The van der Waals surface area contributed by atoms with Crippen molar-refractivity contribution in [1.29, 1.82) is 0 Å². The fourth-order valence-corrected chi connectivity index (χ4v) is 2.87. The summed E-state index contributed by atoms with van der Waals surface area (Å²) in [6.45, 7) is 3.55. The van der Waals surface area contributed by atoms with E-state index in [1.54, 1.807) is 0 Å². The summed E-state index contributed by atoms with van der Waals surface area (Å²) in [7, 11) is 0. The lowest BCUT2D eigenvalue weighted by atomic mass is 9.99. The highest BCUT2D eigenvalue weighted by molar-refractivity contribution is 9.10. The minimum atomic E-state index is 0.00301. The molecule has 0 bridgehead atoms. The first kappa shape index (κ1) is 14.8. The van der Waals surface area contributed by atoms with Crippen molar-refractivity contribution in [2.45, 2.75) is 44.8 Å². The van der Waals surface area contributed by atoms with Crippen LogP contribution in [0.2, 0.25) is 0 Å². The second kappa shape index (κ2) is 7.27. The van der Waals surface area contributed by atoms with Crippen molar-refractivity contribution >= 4 is 15.9 Å². The molecule has 0 radical (unpaired) electrons. The van der Waals surface area contributed by atoms with Gasteiger partial charge in [0, 0.05) is 22.7 Å². The molecule has 1 saturated heterocycles. The first-order chi connectivity index (χ1) is 9.20. The van der Waals surface area contributed by atoms with Crippen LogP contribution < -0.4 is 10.5 Å². The van der Waals surface area contributed by atoms with Crippen LogP contribution in [0.5, 0.6) is 5.75 Å². The van der Waals surface area contributed by atoms with Crippen molar-refractivity contribution in [2.24, 2.45) is 5.73 Å². The Morgan fingerprint density at radius 2 is 2.37 bits per heavy atom. The Hall–Kier alpha value is -0.580. The number of rotatable bonds is 6. The average Bonchev–Trinajstić information content (AvgIpc) is 2.91. The van der Waals surface area contributed by atoms with Gasteiger partial charge in [-0.1, -0.05) is 15.9 Å². The molecule has 0 amide bonds. The van der Waals surface area contributed by atoms with Gasteiger partial charge in [-0.05, 0) is 50.8 Å². The maximum Gasteiger partial charge on any atom is 0.124 e. The van der Waals surface area contributed by atoms with Crippen molar-refractivity contribution in [3.05, 3.63) is 28.2 Å². The zero-order valence-corrected chi connectivity index (χ0v) is 13.0. The molecule has 0 aliphatic carbocycles. The number of hydrogen-bond acceptors (Lipinski definition) is 3. The summed E-state index contributed by atoms with van der Waals surface area (Å²) in [5.41, 5.74) is 7.39. The number of ether oxygens (including phenoxy) is 2. The summed E-state index contributed by atoms with van der Waals surface area (Å²) in [4.78, 5) is 0. The van der Waals surface area contributed by atoms with E-state index >= 15 is 0 Å². The molecule has 1 heterocycles. The van der Waals surface area contributed by atoms with Gasteiger partial charge in [0.15, 0.2) is 0 Å². The van der Waals surface area contributed by atoms with Crippen LogP contribution in [0.15, 0.2) is 22.7 Å². The fraction of sp³-hybridized carbons (Fsp3) is 0.600. The van der Waals surface area contributed by atoms with E-state index in [1.807, 2.05) is 19.1 Å². The topological polar surface area (TPSA) is 44.5 Å². The zero-order valence-electron chi connectivity index (χ0n) is 11.4. The number of benzene rings is 1. The Labute approximate surface area is 123 Å². The molecule has 4 heteroatoms. The maximum atomic E-state index is 6.32. The van der Waals surface area contributed by atoms with Gasteiger partial charge in [0.05, 0.1) is 12.7 Å². The smallest absolute Gasteiger partial charge is 0.124 e. The van der Waals surface area contributed by atoms with E-state index in [1.165, 1.54) is 12.8 Å². The fourth-order valence-electron chi connectivity index (χ4n) is 2.49. The third-order valence-electron chi connectivity index (χ3n) is 3.49. The normalized spacial score (nSPS) is 20.5. The van der Waals surface area contributed by atoms with E-state index < -0.39 is 0 Å². The van der Waals surface area contributed by atoms with Gasteiger partial charge in [-0.3, -0.25) is 0 Å². The second-order valence-electron chi connectivity index (χ2n) is 4.93. The molecule has 2 N–H and O–H groups in total. The van der Waals surface area contributed by atoms with Gasteiger partial charge in [-0.15, -0.1) is 0 Å². The van der Waals surface area contributed by atoms with Gasteiger partial charge in [-0.2, -0.15) is 0 Å². The van der Waals surface area contributed by atoms with Crippen LogP contribution in [0.1, 0.15) is 44.2 Å². The van der Waals surface area contributed by atoms with Crippen molar-refractivity contribution in [3.8, 4) is 5.75 Å². The summed E-state index contributed by atoms with van der Waals surface area (Å²) in [6, 6.07) is 6.03. The first-order valence-corrected chi connectivity index (χ1v) is 7.79. The predicted octanol–water partition coefficient (Wildman–Crippen LogP) is 3.81. The highest BCUT2D eigenvalue weighted by Crippen LogP contribution is 2.31. The quantitative estimate of drug-likeness (QED) is 0.864.